The number of sulfone groups is 1. The second-order valence-corrected chi connectivity index (χ2v) is 11.5. The van der Waals surface area contributed by atoms with Gasteiger partial charge in [0, 0.05) is 12.6 Å². The molecular formula is C19H16FNO6S3. The van der Waals surface area contributed by atoms with Gasteiger partial charge in [0.25, 0.3) is 0 Å². The lowest BCUT2D eigenvalue weighted by atomic mass is 10.1. The fourth-order valence-electron chi connectivity index (χ4n) is 2.96. The van der Waals surface area contributed by atoms with Gasteiger partial charge in [0.2, 0.25) is 16.8 Å². The molecule has 1 aliphatic rings. The number of sulfonamides is 1. The minimum absolute atomic E-state index is 0.00202. The summed E-state index contributed by atoms with van der Waals surface area (Å²) in [5.41, 5.74) is 0.276. The van der Waals surface area contributed by atoms with Gasteiger partial charge in [0.05, 0.1) is 4.90 Å². The summed E-state index contributed by atoms with van der Waals surface area (Å²) in [6.07, 6.45) is 0. The molecule has 2 heterocycles. The Hall–Kier alpha value is -2.47. The second kappa shape index (κ2) is 7.99. The van der Waals surface area contributed by atoms with Crippen LogP contribution in [-0.4, -0.2) is 30.2 Å². The lowest BCUT2D eigenvalue weighted by Gasteiger charge is -2.18. The molecule has 1 N–H and O–H groups in total. The molecule has 0 saturated carbocycles. The quantitative estimate of drug-likeness (QED) is 0.571. The summed E-state index contributed by atoms with van der Waals surface area (Å²) >= 11 is 1.03. The molecule has 0 aliphatic carbocycles. The van der Waals surface area contributed by atoms with Gasteiger partial charge in [-0.2, -0.15) is 0 Å². The third-order valence-corrected chi connectivity index (χ3v) is 9.46. The van der Waals surface area contributed by atoms with Crippen LogP contribution in [0, 0.1) is 5.82 Å². The number of hydrogen-bond acceptors (Lipinski definition) is 7. The number of halogens is 1. The van der Waals surface area contributed by atoms with Crippen LogP contribution < -0.4 is 14.2 Å². The molecule has 0 fully saturated rings. The number of nitrogens with one attached hydrogen (secondary N) is 1. The van der Waals surface area contributed by atoms with Gasteiger partial charge in [-0.3, -0.25) is 0 Å². The third-order valence-electron chi connectivity index (χ3n) is 4.50. The number of ether oxygens (including phenoxy) is 2. The molecule has 158 valence electrons. The average Bonchev–Trinajstić information content (AvgIpc) is 3.41. The van der Waals surface area contributed by atoms with Gasteiger partial charge in [-0.25, -0.2) is 25.9 Å². The molecule has 1 aromatic heterocycles. The Kier molecular flexibility index (Phi) is 5.53. The molecule has 0 bridgehead atoms. The smallest absolute Gasteiger partial charge is 0.240 e. The first-order chi connectivity index (χ1) is 14.3. The number of hydrogen-bond donors (Lipinski definition) is 1. The van der Waals surface area contributed by atoms with Crippen molar-refractivity contribution in [1.82, 2.24) is 4.72 Å². The molecule has 0 saturated heterocycles. The lowest BCUT2D eigenvalue weighted by molar-refractivity contribution is 0.174. The van der Waals surface area contributed by atoms with Crippen molar-refractivity contribution < 1.29 is 30.7 Å². The summed E-state index contributed by atoms with van der Waals surface area (Å²) in [5.74, 6) is 0.199. The SMILES string of the molecule is O=S(=O)(NC[C@@H](c1ccc(F)cc1)S(=O)(=O)c1cccs1)c1ccc2c(c1)OCO2. The van der Waals surface area contributed by atoms with Gasteiger partial charge in [0.1, 0.15) is 15.3 Å². The van der Waals surface area contributed by atoms with E-state index in [9.17, 15) is 21.2 Å². The van der Waals surface area contributed by atoms with E-state index < -0.39 is 37.5 Å². The molecule has 30 heavy (non-hydrogen) atoms. The standard InChI is InChI=1S/C19H16FNO6S3/c20-14-5-3-13(4-6-14)18(29(22,23)19-2-1-9-28-19)11-21-30(24,25)15-7-8-16-17(10-15)27-12-26-16/h1-10,18,21H,11-12H2/t18-/m0/s1. The molecule has 0 radical (unpaired) electrons. The Morgan fingerprint density at radius 2 is 1.73 bits per heavy atom. The van der Waals surface area contributed by atoms with E-state index in [1.165, 1.54) is 36.4 Å². The van der Waals surface area contributed by atoms with Crippen molar-refractivity contribution >= 4 is 31.2 Å². The Bertz CT molecular complexity index is 1260. The molecule has 11 heteroatoms. The van der Waals surface area contributed by atoms with Crippen molar-refractivity contribution in [3.05, 3.63) is 71.4 Å². The van der Waals surface area contributed by atoms with E-state index in [1.807, 2.05) is 0 Å². The maximum absolute atomic E-state index is 13.3. The highest BCUT2D eigenvalue weighted by Gasteiger charge is 2.32. The van der Waals surface area contributed by atoms with Crippen molar-refractivity contribution in [2.45, 2.75) is 14.4 Å². The van der Waals surface area contributed by atoms with Crippen LogP contribution in [0.15, 0.2) is 69.1 Å². The number of rotatable bonds is 7. The minimum Gasteiger partial charge on any atom is -0.454 e. The van der Waals surface area contributed by atoms with E-state index >= 15 is 0 Å². The van der Waals surface area contributed by atoms with Gasteiger partial charge in [-0.15, -0.1) is 11.3 Å². The van der Waals surface area contributed by atoms with Crippen molar-refractivity contribution in [3.63, 3.8) is 0 Å². The number of thiophene rings is 1. The van der Waals surface area contributed by atoms with Gasteiger partial charge < -0.3 is 9.47 Å². The zero-order valence-corrected chi connectivity index (χ0v) is 17.8. The highest BCUT2D eigenvalue weighted by Crippen LogP contribution is 2.35. The molecule has 4 rings (SSSR count). The Morgan fingerprint density at radius 1 is 1.00 bits per heavy atom. The van der Waals surface area contributed by atoms with Crippen molar-refractivity contribution in [2.75, 3.05) is 13.3 Å². The summed E-state index contributed by atoms with van der Waals surface area (Å²) in [6, 6.07) is 12.1. The van der Waals surface area contributed by atoms with Gasteiger partial charge >= 0.3 is 0 Å². The largest absolute Gasteiger partial charge is 0.454 e. The molecule has 1 atom stereocenters. The summed E-state index contributed by atoms with van der Waals surface area (Å²) in [7, 11) is -7.96. The zero-order chi connectivity index (χ0) is 21.4. The summed E-state index contributed by atoms with van der Waals surface area (Å²) < 4.78 is 78.0. The van der Waals surface area contributed by atoms with E-state index in [2.05, 4.69) is 4.72 Å². The predicted octanol–water partition coefficient (Wildman–Crippen LogP) is 3.11. The highest BCUT2D eigenvalue weighted by atomic mass is 32.2. The van der Waals surface area contributed by atoms with Crippen LogP contribution in [0.4, 0.5) is 4.39 Å². The monoisotopic (exact) mass is 469 g/mol. The number of benzene rings is 2. The van der Waals surface area contributed by atoms with Crippen molar-refractivity contribution in [1.29, 1.82) is 0 Å². The summed E-state index contributed by atoms with van der Waals surface area (Å²) in [5, 5.41) is 0.381. The topological polar surface area (TPSA) is 98.8 Å². The Morgan fingerprint density at radius 3 is 2.43 bits per heavy atom. The first-order valence-electron chi connectivity index (χ1n) is 8.69. The maximum atomic E-state index is 13.3. The molecule has 0 amide bonds. The molecule has 1 aliphatic heterocycles. The minimum atomic E-state index is -4.04. The van der Waals surface area contributed by atoms with Crippen LogP contribution in [0.1, 0.15) is 10.8 Å². The normalized spacial score (nSPS) is 14.6. The van der Waals surface area contributed by atoms with Crippen LogP contribution in [0.3, 0.4) is 0 Å². The predicted molar refractivity (Wildman–Crippen MR) is 108 cm³/mol. The maximum Gasteiger partial charge on any atom is 0.240 e. The van der Waals surface area contributed by atoms with E-state index in [0.29, 0.717) is 11.5 Å². The van der Waals surface area contributed by atoms with Crippen LogP contribution in [0.25, 0.3) is 0 Å². The molecule has 2 aromatic carbocycles. The van der Waals surface area contributed by atoms with Crippen molar-refractivity contribution in [2.24, 2.45) is 0 Å². The van der Waals surface area contributed by atoms with Crippen LogP contribution in [0.2, 0.25) is 0 Å². The molecule has 0 unspecified atom stereocenters. The summed E-state index contributed by atoms with van der Waals surface area (Å²) in [4.78, 5) is -0.0851. The van der Waals surface area contributed by atoms with Crippen molar-refractivity contribution in [3.8, 4) is 11.5 Å². The van der Waals surface area contributed by atoms with Crippen LogP contribution >= 0.6 is 11.3 Å². The molecule has 7 nitrogen and oxygen atoms in total. The average molecular weight is 470 g/mol. The van der Waals surface area contributed by atoms with Gasteiger partial charge in [-0.1, -0.05) is 18.2 Å². The first-order valence-corrected chi connectivity index (χ1v) is 12.6. The van der Waals surface area contributed by atoms with Crippen LogP contribution in [0.5, 0.6) is 11.5 Å². The fourth-order valence-corrected chi connectivity index (χ4v) is 7.00. The van der Waals surface area contributed by atoms with Gasteiger partial charge in [-0.05, 0) is 41.3 Å². The number of fused-ring (bicyclic) bond motifs is 1. The fraction of sp³-hybridized carbons (Fsp3) is 0.158. The van der Waals surface area contributed by atoms with E-state index in [0.717, 1.165) is 23.5 Å². The molecular weight excluding hydrogens is 453 g/mol. The zero-order valence-electron chi connectivity index (χ0n) is 15.3. The van der Waals surface area contributed by atoms with E-state index in [-0.39, 0.29) is 21.5 Å². The third kappa shape index (κ3) is 4.06. The summed E-state index contributed by atoms with van der Waals surface area (Å²) in [6.45, 7) is -0.430. The van der Waals surface area contributed by atoms with Crippen LogP contribution in [-0.2, 0) is 19.9 Å². The highest BCUT2D eigenvalue weighted by molar-refractivity contribution is 7.93. The first kappa shape index (κ1) is 20.8. The second-order valence-electron chi connectivity index (χ2n) is 6.38. The Labute approximate surface area is 177 Å². The Balaban J connectivity index is 1.64. The molecule has 0 spiro atoms. The lowest BCUT2D eigenvalue weighted by Crippen LogP contribution is -2.31. The van der Waals surface area contributed by atoms with E-state index in [1.54, 1.807) is 11.4 Å². The van der Waals surface area contributed by atoms with E-state index in [4.69, 9.17) is 9.47 Å². The molecule has 3 aromatic rings. The van der Waals surface area contributed by atoms with Gasteiger partial charge in [0.15, 0.2) is 21.3 Å².